The Bertz CT molecular complexity index is 421. The normalized spacial score (nSPS) is 20.2. The van der Waals surface area contributed by atoms with Crippen LogP contribution in [0.3, 0.4) is 0 Å². The number of amides is 1. The summed E-state index contributed by atoms with van der Waals surface area (Å²) in [7, 11) is 0. The van der Waals surface area contributed by atoms with Crippen molar-refractivity contribution < 1.29 is 4.79 Å². The van der Waals surface area contributed by atoms with E-state index in [-0.39, 0.29) is 11.8 Å². The Morgan fingerprint density at radius 3 is 2.88 bits per heavy atom. The molecule has 84 valence electrons. The molecule has 0 saturated carbocycles. The molecule has 1 unspecified atom stereocenters. The van der Waals surface area contributed by atoms with Crippen molar-refractivity contribution in [3.63, 3.8) is 0 Å². The SMILES string of the molecule is C=CC1CC(=O)N(c2c(C)cccc2Br)C1. The Labute approximate surface area is 104 Å². The van der Waals surface area contributed by atoms with Gasteiger partial charge in [-0.3, -0.25) is 4.79 Å². The molecule has 0 radical (unpaired) electrons. The van der Waals surface area contributed by atoms with Crippen LogP contribution in [0.4, 0.5) is 5.69 Å². The summed E-state index contributed by atoms with van der Waals surface area (Å²) in [6.45, 7) is 6.52. The minimum atomic E-state index is 0.180. The fourth-order valence-electron chi connectivity index (χ4n) is 2.07. The highest BCUT2D eigenvalue weighted by Crippen LogP contribution is 2.34. The fraction of sp³-hybridized carbons (Fsp3) is 0.308. The van der Waals surface area contributed by atoms with Crippen molar-refractivity contribution in [1.82, 2.24) is 0 Å². The lowest BCUT2D eigenvalue weighted by molar-refractivity contribution is -0.117. The maximum atomic E-state index is 11.9. The van der Waals surface area contributed by atoms with Gasteiger partial charge in [0.15, 0.2) is 0 Å². The van der Waals surface area contributed by atoms with Crippen molar-refractivity contribution in [3.8, 4) is 0 Å². The molecule has 1 aromatic carbocycles. The van der Waals surface area contributed by atoms with Gasteiger partial charge in [0, 0.05) is 23.4 Å². The number of carbonyl (C=O) groups excluding carboxylic acids is 1. The van der Waals surface area contributed by atoms with Gasteiger partial charge >= 0.3 is 0 Å². The topological polar surface area (TPSA) is 20.3 Å². The van der Waals surface area contributed by atoms with E-state index in [4.69, 9.17) is 0 Å². The summed E-state index contributed by atoms with van der Waals surface area (Å²) in [5, 5.41) is 0. The Morgan fingerprint density at radius 1 is 1.56 bits per heavy atom. The highest BCUT2D eigenvalue weighted by molar-refractivity contribution is 9.10. The van der Waals surface area contributed by atoms with Crippen LogP contribution < -0.4 is 4.90 Å². The molecular weight excluding hydrogens is 266 g/mol. The predicted octanol–water partition coefficient (Wildman–Crippen LogP) is 3.30. The first-order chi connectivity index (χ1) is 7.63. The predicted molar refractivity (Wildman–Crippen MR) is 69.5 cm³/mol. The molecule has 1 aliphatic heterocycles. The van der Waals surface area contributed by atoms with E-state index in [9.17, 15) is 4.79 Å². The molecule has 0 aromatic heterocycles. The largest absolute Gasteiger partial charge is 0.310 e. The van der Waals surface area contributed by atoms with Crippen LogP contribution in [0.2, 0.25) is 0 Å². The number of aryl methyl sites for hydroxylation is 1. The first kappa shape index (κ1) is 11.4. The number of hydrogen-bond acceptors (Lipinski definition) is 1. The molecule has 1 heterocycles. The van der Waals surface area contributed by atoms with Gasteiger partial charge in [0.1, 0.15) is 0 Å². The number of benzene rings is 1. The van der Waals surface area contributed by atoms with Gasteiger partial charge < -0.3 is 4.90 Å². The van der Waals surface area contributed by atoms with Crippen molar-refractivity contribution in [2.24, 2.45) is 5.92 Å². The van der Waals surface area contributed by atoms with Crippen LogP contribution in [-0.4, -0.2) is 12.5 Å². The van der Waals surface area contributed by atoms with Crippen LogP contribution in [0.25, 0.3) is 0 Å². The number of nitrogens with zero attached hydrogens (tertiary/aromatic N) is 1. The molecule has 2 rings (SSSR count). The Balaban J connectivity index is 2.38. The molecule has 1 aliphatic rings. The molecule has 0 bridgehead atoms. The van der Waals surface area contributed by atoms with E-state index in [0.717, 1.165) is 22.3 Å². The van der Waals surface area contributed by atoms with Gasteiger partial charge in [-0.25, -0.2) is 0 Å². The summed E-state index contributed by atoms with van der Waals surface area (Å²) in [4.78, 5) is 13.8. The molecular formula is C13H14BrNO. The minimum absolute atomic E-state index is 0.180. The standard InChI is InChI=1S/C13H14BrNO/c1-3-10-7-12(16)15(8-10)13-9(2)5-4-6-11(13)14/h3-6,10H,1,7-8H2,2H3. The Kier molecular flexibility index (Phi) is 3.15. The van der Waals surface area contributed by atoms with E-state index in [1.807, 2.05) is 36.1 Å². The molecule has 3 heteroatoms. The average molecular weight is 280 g/mol. The minimum Gasteiger partial charge on any atom is -0.310 e. The molecule has 1 saturated heterocycles. The Morgan fingerprint density at radius 2 is 2.31 bits per heavy atom. The van der Waals surface area contributed by atoms with Crippen LogP contribution in [-0.2, 0) is 4.79 Å². The maximum absolute atomic E-state index is 11.9. The summed E-state index contributed by atoms with van der Waals surface area (Å²) in [5.41, 5.74) is 2.12. The van der Waals surface area contributed by atoms with E-state index in [0.29, 0.717) is 6.42 Å². The van der Waals surface area contributed by atoms with Crippen molar-refractivity contribution >= 4 is 27.5 Å². The summed E-state index contributed by atoms with van der Waals surface area (Å²) < 4.78 is 0.977. The third-order valence-electron chi connectivity index (χ3n) is 2.95. The summed E-state index contributed by atoms with van der Waals surface area (Å²) in [5.74, 6) is 0.457. The van der Waals surface area contributed by atoms with Crippen LogP contribution >= 0.6 is 15.9 Å². The summed E-state index contributed by atoms with van der Waals surface area (Å²) >= 11 is 3.51. The third kappa shape index (κ3) is 1.92. The summed E-state index contributed by atoms with van der Waals surface area (Å²) in [6, 6.07) is 5.97. The van der Waals surface area contributed by atoms with Gasteiger partial charge in [-0.1, -0.05) is 18.2 Å². The van der Waals surface area contributed by atoms with Gasteiger partial charge in [-0.05, 0) is 34.5 Å². The molecule has 1 fully saturated rings. The quantitative estimate of drug-likeness (QED) is 0.761. The molecule has 0 aliphatic carbocycles. The van der Waals surface area contributed by atoms with Crippen LogP contribution in [0, 0.1) is 12.8 Å². The van der Waals surface area contributed by atoms with E-state index in [1.165, 1.54) is 0 Å². The number of carbonyl (C=O) groups is 1. The van der Waals surface area contributed by atoms with Crippen molar-refractivity contribution in [3.05, 3.63) is 40.9 Å². The zero-order valence-electron chi connectivity index (χ0n) is 9.24. The van der Waals surface area contributed by atoms with E-state index in [2.05, 4.69) is 22.5 Å². The van der Waals surface area contributed by atoms with Gasteiger partial charge in [0.25, 0.3) is 0 Å². The molecule has 16 heavy (non-hydrogen) atoms. The highest BCUT2D eigenvalue weighted by Gasteiger charge is 2.30. The second-order valence-corrected chi connectivity index (χ2v) is 4.96. The number of hydrogen-bond donors (Lipinski definition) is 0. The number of halogens is 1. The number of rotatable bonds is 2. The van der Waals surface area contributed by atoms with Crippen molar-refractivity contribution in [1.29, 1.82) is 0 Å². The van der Waals surface area contributed by atoms with Gasteiger partial charge in [-0.15, -0.1) is 6.58 Å². The van der Waals surface area contributed by atoms with Gasteiger partial charge in [0.2, 0.25) is 5.91 Å². The van der Waals surface area contributed by atoms with Crippen molar-refractivity contribution in [2.75, 3.05) is 11.4 Å². The third-order valence-corrected chi connectivity index (χ3v) is 3.59. The fourth-order valence-corrected chi connectivity index (χ4v) is 2.75. The molecule has 1 amide bonds. The molecule has 1 atom stereocenters. The molecule has 2 nitrogen and oxygen atoms in total. The van der Waals surface area contributed by atoms with Crippen molar-refractivity contribution in [2.45, 2.75) is 13.3 Å². The molecule has 0 spiro atoms. The summed E-state index contributed by atoms with van der Waals surface area (Å²) in [6.07, 6.45) is 2.44. The number of para-hydroxylation sites is 1. The van der Waals surface area contributed by atoms with Crippen LogP contribution in [0.1, 0.15) is 12.0 Å². The van der Waals surface area contributed by atoms with E-state index < -0.39 is 0 Å². The monoisotopic (exact) mass is 279 g/mol. The Hall–Kier alpha value is -1.09. The lowest BCUT2D eigenvalue weighted by atomic mass is 10.1. The zero-order valence-corrected chi connectivity index (χ0v) is 10.8. The van der Waals surface area contributed by atoms with Crippen LogP contribution in [0.15, 0.2) is 35.3 Å². The lowest BCUT2D eigenvalue weighted by Gasteiger charge is -2.20. The van der Waals surface area contributed by atoms with Crippen LogP contribution in [0.5, 0.6) is 0 Å². The molecule has 0 N–H and O–H groups in total. The van der Waals surface area contributed by atoms with E-state index >= 15 is 0 Å². The first-order valence-corrected chi connectivity index (χ1v) is 6.11. The second-order valence-electron chi connectivity index (χ2n) is 4.11. The van der Waals surface area contributed by atoms with Gasteiger partial charge in [-0.2, -0.15) is 0 Å². The average Bonchev–Trinajstić information content (AvgIpc) is 2.60. The maximum Gasteiger partial charge on any atom is 0.227 e. The second kappa shape index (κ2) is 4.42. The zero-order chi connectivity index (χ0) is 11.7. The highest BCUT2D eigenvalue weighted by atomic mass is 79.9. The van der Waals surface area contributed by atoms with Gasteiger partial charge in [0.05, 0.1) is 5.69 Å². The smallest absolute Gasteiger partial charge is 0.227 e. The lowest BCUT2D eigenvalue weighted by Crippen LogP contribution is -2.25. The molecule has 1 aromatic rings. The van der Waals surface area contributed by atoms with E-state index in [1.54, 1.807) is 0 Å². The number of anilines is 1. The first-order valence-electron chi connectivity index (χ1n) is 5.31.